The van der Waals surface area contributed by atoms with E-state index in [4.69, 9.17) is 27.6 Å². The second-order valence-electron chi connectivity index (χ2n) is 7.18. The molecule has 2 bridgehead atoms. The Bertz CT molecular complexity index is 1010. The molecule has 1 aromatic carbocycles. The van der Waals surface area contributed by atoms with Crippen molar-refractivity contribution in [2.24, 2.45) is 5.92 Å². The predicted molar refractivity (Wildman–Crippen MR) is 103 cm³/mol. The van der Waals surface area contributed by atoms with Gasteiger partial charge in [-0.3, -0.25) is 9.69 Å². The molecule has 3 aliphatic rings. The number of aromatic nitrogens is 1. The van der Waals surface area contributed by atoms with Crippen LogP contribution < -0.4 is 5.32 Å². The Morgan fingerprint density at radius 2 is 2.00 bits per heavy atom. The van der Waals surface area contributed by atoms with E-state index in [1.165, 1.54) is 18.2 Å². The SMILES string of the molecule is C[C@@H]1[C@H](NC(=O)c2ncc(S(=O)(=O)c3ccc(Cl)cc3Cl)o2)C2CCN1CC2. The van der Waals surface area contributed by atoms with Gasteiger partial charge in [-0.05, 0) is 57.0 Å². The van der Waals surface area contributed by atoms with E-state index in [0.717, 1.165) is 32.1 Å². The maximum absolute atomic E-state index is 12.7. The van der Waals surface area contributed by atoms with E-state index in [1.54, 1.807) is 0 Å². The Balaban J connectivity index is 1.54. The minimum Gasteiger partial charge on any atom is -0.420 e. The minimum absolute atomic E-state index is 0.00679. The van der Waals surface area contributed by atoms with Crippen molar-refractivity contribution in [3.63, 3.8) is 0 Å². The average Bonchev–Trinajstić information content (AvgIpc) is 3.16. The molecule has 5 rings (SSSR count). The quantitative estimate of drug-likeness (QED) is 0.780. The number of nitrogens with one attached hydrogen (secondary N) is 1. The summed E-state index contributed by atoms with van der Waals surface area (Å²) in [7, 11) is -4.06. The zero-order chi connectivity index (χ0) is 20.1. The normalized spacial score (nSPS) is 27.0. The molecule has 0 radical (unpaired) electrons. The third-order valence-corrected chi connectivity index (χ3v) is 7.92. The summed E-state index contributed by atoms with van der Waals surface area (Å²) in [4.78, 5) is 18.7. The van der Waals surface area contributed by atoms with Crippen LogP contribution in [0.4, 0.5) is 0 Å². The van der Waals surface area contributed by atoms with Crippen molar-refractivity contribution in [3.05, 3.63) is 40.3 Å². The van der Waals surface area contributed by atoms with Crippen molar-refractivity contribution in [3.8, 4) is 0 Å². The molecule has 3 aliphatic heterocycles. The summed E-state index contributed by atoms with van der Waals surface area (Å²) in [6, 6.07) is 4.25. The zero-order valence-corrected chi connectivity index (χ0v) is 17.4. The number of carbonyl (C=O) groups is 1. The van der Waals surface area contributed by atoms with Crippen LogP contribution in [-0.4, -0.2) is 49.4 Å². The number of rotatable bonds is 4. The van der Waals surface area contributed by atoms with Gasteiger partial charge in [0.05, 0.1) is 16.1 Å². The van der Waals surface area contributed by atoms with Crippen molar-refractivity contribution in [1.82, 2.24) is 15.2 Å². The second-order valence-corrected chi connectivity index (χ2v) is 9.87. The van der Waals surface area contributed by atoms with Crippen molar-refractivity contribution < 1.29 is 17.6 Å². The number of halogens is 2. The van der Waals surface area contributed by atoms with Crippen LogP contribution in [0.25, 0.3) is 0 Å². The first-order valence-corrected chi connectivity index (χ1v) is 11.2. The molecule has 0 unspecified atom stereocenters. The Kier molecular flexibility index (Phi) is 5.16. The highest BCUT2D eigenvalue weighted by atomic mass is 35.5. The fourth-order valence-electron chi connectivity index (χ4n) is 4.05. The van der Waals surface area contributed by atoms with E-state index < -0.39 is 20.8 Å². The highest BCUT2D eigenvalue weighted by molar-refractivity contribution is 7.91. The number of nitrogens with zero attached hydrogens (tertiary/aromatic N) is 2. The summed E-state index contributed by atoms with van der Waals surface area (Å²) in [5.41, 5.74) is 0. The van der Waals surface area contributed by atoms with Crippen LogP contribution in [0.15, 0.2) is 38.8 Å². The van der Waals surface area contributed by atoms with Gasteiger partial charge in [0.2, 0.25) is 14.9 Å². The third-order valence-electron chi connectivity index (χ3n) is 5.60. The van der Waals surface area contributed by atoms with Crippen molar-refractivity contribution in [2.45, 2.75) is 41.8 Å². The molecule has 0 saturated carbocycles. The predicted octanol–water partition coefficient (Wildman–Crippen LogP) is 3.03. The van der Waals surface area contributed by atoms with E-state index in [2.05, 4.69) is 22.1 Å². The van der Waals surface area contributed by atoms with Gasteiger partial charge in [0.15, 0.2) is 0 Å². The number of hydrogen-bond acceptors (Lipinski definition) is 6. The molecule has 10 heteroatoms. The van der Waals surface area contributed by atoms with Gasteiger partial charge in [-0.25, -0.2) is 13.4 Å². The number of carbonyl (C=O) groups excluding carboxylic acids is 1. The van der Waals surface area contributed by atoms with Gasteiger partial charge in [0.25, 0.3) is 5.89 Å². The van der Waals surface area contributed by atoms with E-state index in [0.29, 0.717) is 10.9 Å². The maximum Gasteiger partial charge on any atom is 0.307 e. The molecule has 150 valence electrons. The number of oxazole rings is 1. The molecule has 3 saturated heterocycles. The number of hydrogen-bond donors (Lipinski definition) is 1. The lowest BCUT2D eigenvalue weighted by Crippen LogP contribution is -2.62. The van der Waals surface area contributed by atoms with Crippen LogP contribution >= 0.6 is 23.2 Å². The van der Waals surface area contributed by atoms with Gasteiger partial charge in [-0.1, -0.05) is 23.2 Å². The first kappa shape index (κ1) is 19.7. The van der Waals surface area contributed by atoms with Gasteiger partial charge in [0.1, 0.15) is 0 Å². The number of benzene rings is 1. The van der Waals surface area contributed by atoms with Crippen LogP contribution in [0.3, 0.4) is 0 Å². The minimum atomic E-state index is -4.06. The van der Waals surface area contributed by atoms with Gasteiger partial charge >= 0.3 is 5.91 Å². The smallest absolute Gasteiger partial charge is 0.307 e. The van der Waals surface area contributed by atoms with Gasteiger partial charge in [-0.15, -0.1) is 0 Å². The second kappa shape index (κ2) is 7.33. The lowest BCUT2D eigenvalue weighted by atomic mass is 9.79. The van der Waals surface area contributed by atoms with E-state index in [9.17, 15) is 13.2 Å². The van der Waals surface area contributed by atoms with Crippen LogP contribution in [0.1, 0.15) is 30.5 Å². The van der Waals surface area contributed by atoms with Crippen LogP contribution in [0, 0.1) is 5.92 Å². The van der Waals surface area contributed by atoms with Gasteiger partial charge < -0.3 is 9.73 Å². The molecule has 1 amide bonds. The Morgan fingerprint density at radius 1 is 1.29 bits per heavy atom. The van der Waals surface area contributed by atoms with Gasteiger partial charge in [-0.2, -0.15) is 0 Å². The Hall–Kier alpha value is -1.61. The highest BCUT2D eigenvalue weighted by Gasteiger charge is 2.41. The number of fused-ring (bicyclic) bond motifs is 3. The summed E-state index contributed by atoms with van der Waals surface area (Å²) in [6.07, 6.45) is 3.10. The number of sulfone groups is 1. The van der Waals surface area contributed by atoms with E-state index in [1.807, 2.05) is 0 Å². The fraction of sp³-hybridized carbons (Fsp3) is 0.444. The average molecular weight is 444 g/mol. The van der Waals surface area contributed by atoms with Crippen molar-refractivity contribution in [1.29, 1.82) is 0 Å². The highest BCUT2D eigenvalue weighted by Crippen LogP contribution is 2.33. The fourth-order valence-corrected chi connectivity index (χ4v) is 5.92. The molecular weight excluding hydrogens is 425 g/mol. The lowest BCUT2D eigenvalue weighted by Gasteiger charge is -2.49. The third kappa shape index (κ3) is 3.43. The summed E-state index contributed by atoms with van der Waals surface area (Å²) in [5.74, 6) is -0.392. The molecule has 0 spiro atoms. The standard InChI is InChI=1S/C18H19Cl2N3O4S/c1-10-16(11-4-6-23(10)7-5-11)22-17(24)18-21-9-15(27-18)28(25,26)14-3-2-12(19)8-13(14)20/h2-3,8-11,16H,4-7H2,1H3,(H,22,24)/t10-,16+/m1/s1. The van der Waals surface area contributed by atoms with Crippen LogP contribution in [0.5, 0.6) is 0 Å². The van der Waals surface area contributed by atoms with Crippen molar-refractivity contribution in [2.75, 3.05) is 13.1 Å². The van der Waals surface area contributed by atoms with Gasteiger partial charge in [0, 0.05) is 17.1 Å². The number of amides is 1. The van der Waals surface area contributed by atoms with Crippen LogP contribution in [0.2, 0.25) is 10.0 Å². The summed E-state index contributed by atoms with van der Waals surface area (Å²) in [6.45, 7) is 4.17. The molecule has 3 fully saturated rings. The van der Waals surface area contributed by atoms with E-state index in [-0.39, 0.29) is 27.9 Å². The lowest BCUT2D eigenvalue weighted by molar-refractivity contribution is 0.0209. The molecule has 2 atom stereocenters. The first-order chi connectivity index (χ1) is 13.3. The molecule has 1 aromatic heterocycles. The molecule has 2 aromatic rings. The number of piperidine rings is 3. The topological polar surface area (TPSA) is 92.5 Å². The van der Waals surface area contributed by atoms with Crippen molar-refractivity contribution >= 4 is 38.9 Å². The molecule has 28 heavy (non-hydrogen) atoms. The monoisotopic (exact) mass is 443 g/mol. The van der Waals surface area contributed by atoms with E-state index >= 15 is 0 Å². The Labute approximate surface area is 172 Å². The maximum atomic E-state index is 12.7. The largest absolute Gasteiger partial charge is 0.420 e. The molecule has 0 aliphatic carbocycles. The molecule has 7 nitrogen and oxygen atoms in total. The molecular formula is C18H19Cl2N3O4S. The summed E-state index contributed by atoms with van der Waals surface area (Å²) >= 11 is 11.8. The summed E-state index contributed by atoms with van der Waals surface area (Å²) in [5, 5.41) is 2.81. The zero-order valence-electron chi connectivity index (χ0n) is 15.1. The summed E-state index contributed by atoms with van der Waals surface area (Å²) < 4.78 is 30.8. The molecule has 1 N–H and O–H groups in total. The Morgan fingerprint density at radius 3 is 2.64 bits per heavy atom. The molecule has 4 heterocycles. The van der Waals surface area contributed by atoms with Crippen LogP contribution in [-0.2, 0) is 9.84 Å². The first-order valence-electron chi connectivity index (χ1n) is 8.98.